The van der Waals surface area contributed by atoms with Gasteiger partial charge >= 0.3 is 6.01 Å². The summed E-state index contributed by atoms with van der Waals surface area (Å²) in [5.41, 5.74) is -1.56. The Labute approximate surface area is 270 Å². The van der Waals surface area contributed by atoms with E-state index in [1.807, 2.05) is 4.90 Å². The number of phenols is 1. The SMILES string of the molecule is N#CC[C@H]1CN(c2nc(OCC34CCCN3CC(=C(F)F)C4)nc3c(F)c(-c4cc(O)cc5ccc(F)c(F)c45)ncc23)CCN1C#N. The number of aromatic hydroxyl groups is 1. The number of hydrogen-bond acceptors (Lipinski definition) is 10. The van der Waals surface area contributed by atoms with E-state index >= 15 is 8.78 Å². The number of halogens is 5. The summed E-state index contributed by atoms with van der Waals surface area (Å²) in [6, 6.07) is 5.80. The van der Waals surface area contributed by atoms with Crippen LogP contribution >= 0.6 is 0 Å². The zero-order chi connectivity index (χ0) is 33.7. The molecular weight excluding hydrogens is 635 g/mol. The number of hydrogen-bond donors (Lipinski definition) is 1. The van der Waals surface area contributed by atoms with Crippen LogP contribution in [0.25, 0.3) is 32.9 Å². The number of fused-ring (bicyclic) bond motifs is 3. The van der Waals surface area contributed by atoms with Crippen LogP contribution < -0.4 is 9.64 Å². The van der Waals surface area contributed by atoms with Crippen LogP contribution in [0, 0.1) is 40.2 Å². The highest BCUT2D eigenvalue weighted by atomic mass is 19.3. The van der Waals surface area contributed by atoms with Crippen molar-refractivity contribution in [2.24, 2.45) is 0 Å². The number of ether oxygens (including phenoxy) is 1. The number of nitriles is 2. The number of benzene rings is 2. The van der Waals surface area contributed by atoms with Gasteiger partial charge in [0.15, 0.2) is 23.6 Å². The summed E-state index contributed by atoms with van der Waals surface area (Å²) in [7, 11) is 0. The molecule has 15 heteroatoms. The van der Waals surface area contributed by atoms with Crippen LogP contribution in [0.15, 0.2) is 42.1 Å². The number of pyridine rings is 1. The molecule has 2 atom stereocenters. The lowest BCUT2D eigenvalue weighted by molar-refractivity contribution is 0.108. The Balaban J connectivity index is 1.36. The molecule has 4 aromatic rings. The van der Waals surface area contributed by atoms with Crippen molar-refractivity contribution in [1.82, 2.24) is 24.8 Å². The molecular formula is C33H27F5N8O2. The fraction of sp³-hybridized carbons (Fsp3) is 0.364. The third-order valence-corrected chi connectivity index (χ3v) is 9.53. The Morgan fingerprint density at radius 3 is 2.69 bits per heavy atom. The average Bonchev–Trinajstić information content (AvgIpc) is 3.63. The van der Waals surface area contributed by atoms with Crippen LogP contribution in [-0.4, -0.2) is 80.8 Å². The van der Waals surface area contributed by atoms with E-state index in [1.165, 1.54) is 23.2 Å². The van der Waals surface area contributed by atoms with E-state index in [0.717, 1.165) is 18.6 Å². The molecule has 2 aromatic carbocycles. The first-order valence-corrected chi connectivity index (χ1v) is 15.3. The smallest absolute Gasteiger partial charge is 0.319 e. The maximum atomic E-state index is 16.7. The number of aromatic nitrogens is 3. The molecule has 3 saturated heterocycles. The molecule has 3 aliphatic rings. The topological polar surface area (TPSA) is 125 Å². The van der Waals surface area contributed by atoms with Crippen LogP contribution in [-0.2, 0) is 0 Å². The molecule has 246 valence electrons. The molecule has 2 aromatic heterocycles. The second-order valence-electron chi connectivity index (χ2n) is 12.3. The van der Waals surface area contributed by atoms with E-state index in [-0.39, 0.29) is 96.0 Å². The van der Waals surface area contributed by atoms with Crippen molar-refractivity contribution in [2.45, 2.75) is 37.3 Å². The van der Waals surface area contributed by atoms with Crippen LogP contribution in [0.5, 0.6) is 11.8 Å². The van der Waals surface area contributed by atoms with Crippen molar-refractivity contribution in [1.29, 1.82) is 10.5 Å². The van der Waals surface area contributed by atoms with Crippen molar-refractivity contribution in [2.75, 3.05) is 44.2 Å². The molecule has 0 spiro atoms. The van der Waals surface area contributed by atoms with E-state index in [9.17, 15) is 28.8 Å². The van der Waals surface area contributed by atoms with Gasteiger partial charge in [0, 0.05) is 48.9 Å². The molecule has 1 N–H and O–H groups in total. The number of anilines is 1. The summed E-state index contributed by atoms with van der Waals surface area (Å²) < 4.78 is 79.4. The van der Waals surface area contributed by atoms with Gasteiger partial charge in [-0.05, 0) is 49.4 Å². The van der Waals surface area contributed by atoms with Crippen LogP contribution in [0.2, 0.25) is 0 Å². The predicted molar refractivity (Wildman–Crippen MR) is 163 cm³/mol. The Morgan fingerprint density at radius 1 is 1.08 bits per heavy atom. The highest BCUT2D eigenvalue weighted by Crippen LogP contribution is 2.43. The number of rotatable bonds is 6. The van der Waals surface area contributed by atoms with Gasteiger partial charge in [0.2, 0.25) is 0 Å². The minimum absolute atomic E-state index is 0.0409. The normalized spacial score (nSPS) is 21.1. The van der Waals surface area contributed by atoms with Crippen LogP contribution in [0.3, 0.4) is 0 Å². The molecule has 7 rings (SSSR count). The fourth-order valence-corrected chi connectivity index (χ4v) is 7.21. The lowest BCUT2D eigenvalue weighted by atomic mass is 9.94. The zero-order valence-corrected chi connectivity index (χ0v) is 25.4. The number of piperazine rings is 1. The first-order chi connectivity index (χ1) is 23.1. The molecule has 1 unspecified atom stereocenters. The average molecular weight is 663 g/mol. The Hall–Kier alpha value is -5.28. The summed E-state index contributed by atoms with van der Waals surface area (Å²) in [6.07, 6.45) is 3.20. The lowest BCUT2D eigenvalue weighted by Crippen LogP contribution is -2.51. The van der Waals surface area contributed by atoms with Gasteiger partial charge in [-0.1, -0.05) is 6.07 Å². The van der Waals surface area contributed by atoms with Gasteiger partial charge in [-0.3, -0.25) is 9.88 Å². The molecule has 48 heavy (non-hydrogen) atoms. The molecule has 0 radical (unpaired) electrons. The summed E-state index contributed by atoms with van der Waals surface area (Å²) >= 11 is 0. The quantitative estimate of drug-likeness (QED) is 0.205. The Morgan fingerprint density at radius 2 is 1.92 bits per heavy atom. The second-order valence-corrected chi connectivity index (χ2v) is 12.3. The van der Waals surface area contributed by atoms with Crippen molar-refractivity contribution in [3.63, 3.8) is 0 Å². The summed E-state index contributed by atoms with van der Waals surface area (Å²) in [5, 5.41) is 29.3. The molecule has 10 nitrogen and oxygen atoms in total. The summed E-state index contributed by atoms with van der Waals surface area (Å²) in [6.45, 7) is 1.40. The van der Waals surface area contributed by atoms with Crippen molar-refractivity contribution in [3.05, 3.63) is 59.6 Å². The summed E-state index contributed by atoms with van der Waals surface area (Å²) in [4.78, 5) is 18.4. The van der Waals surface area contributed by atoms with E-state index in [0.29, 0.717) is 13.0 Å². The van der Waals surface area contributed by atoms with Gasteiger partial charge in [-0.2, -0.15) is 29.3 Å². The minimum Gasteiger partial charge on any atom is -0.508 e. The summed E-state index contributed by atoms with van der Waals surface area (Å²) in [5.74, 6) is -3.56. The Kier molecular flexibility index (Phi) is 7.87. The van der Waals surface area contributed by atoms with Gasteiger partial charge in [0.05, 0.1) is 29.5 Å². The fourth-order valence-electron chi connectivity index (χ4n) is 7.21. The molecule has 0 amide bonds. The predicted octanol–water partition coefficient (Wildman–Crippen LogP) is 5.62. The molecule has 3 fully saturated rings. The molecule has 5 heterocycles. The second kappa shape index (κ2) is 12.1. The molecule has 0 bridgehead atoms. The van der Waals surface area contributed by atoms with Crippen molar-refractivity contribution >= 4 is 27.5 Å². The third-order valence-electron chi connectivity index (χ3n) is 9.53. The van der Waals surface area contributed by atoms with Gasteiger partial charge < -0.3 is 19.6 Å². The maximum absolute atomic E-state index is 16.7. The van der Waals surface area contributed by atoms with Crippen LogP contribution in [0.1, 0.15) is 25.7 Å². The van der Waals surface area contributed by atoms with Gasteiger partial charge in [0.25, 0.3) is 6.08 Å². The van der Waals surface area contributed by atoms with E-state index in [1.54, 1.807) is 4.90 Å². The number of nitrogens with zero attached hydrogens (tertiary/aromatic N) is 8. The van der Waals surface area contributed by atoms with Gasteiger partial charge in [-0.15, -0.1) is 0 Å². The van der Waals surface area contributed by atoms with E-state index in [4.69, 9.17) is 4.74 Å². The zero-order valence-electron chi connectivity index (χ0n) is 25.4. The third kappa shape index (κ3) is 5.24. The van der Waals surface area contributed by atoms with Crippen LogP contribution in [0.4, 0.5) is 27.8 Å². The van der Waals surface area contributed by atoms with Crippen molar-refractivity contribution in [3.8, 4) is 35.3 Å². The van der Waals surface area contributed by atoms with Crippen molar-refractivity contribution < 1.29 is 31.8 Å². The highest BCUT2D eigenvalue weighted by Gasteiger charge is 2.48. The highest BCUT2D eigenvalue weighted by molar-refractivity contribution is 6.00. The maximum Gasteiger partial charge on any atom is 0.319 e. The molecule has 3 aliphatic heterocycles. The largest absolute Gasteiger partial charge is 0.508 e. The van der Waals surface area contributed by atoms with Gasteiger partial charge in [0.1, 0.15) is 29.4 Å². The Bertz CT molecular complexity index is 2080. The minimum atomic E-state index is -1.71. The van der Waals surface area contributed by atoms with Gasteiger partial charge in [-0.25, -0.2) is 13.2 Å². The lowest BCUT2D eigenvalue weighted by Gasteiger charge is -2.38. The molecule has 0 aliphatic carbocycles. The first kappa shape index (κ1) is 31.3. The monoisotopic (exact) mass is 662 g/mol. The first-order valence-electron chi connectivity index (χ1n) is 15.3. The van der Waals surface area contributed by atoms with E-state index in [2.05, 4.69) is 27.2 Å². The standard InChI is InChI=1S/C33H27F5N8O2/c34-24-3-2-18-10-21(47)11-22(25(18)26(24)35)28-27(36)29-23(13-41-28)31(44-8-9-45(17-40)20(15-44)4-6-39)43-32(42-29)48-16-33-5-1-7-46(33)14-19(12-33)30(37)38/h2-3,10-11,13,20,47H,1,4-5,7-9,12,14-16H2/t20-,33?/m0/s1. The molecule has 0 saturated carbocycles. The number of phenolic OH excluding ortho intramolecular Hbond substituents is 1. The van der Waals surface area contributed by atoms with E-state index < -0.39 is 40.8 Å².